The van der Waals surface area contributed by atoms with Crippen molar-refractivity contribution in [2.75, 3.05) is 32.8 Å². The summed E-state index contributed by atoms with van der Waals surface area (Å²) >= 11 is 0. The Morgan fingerprint density at radius 3 is 2.76 bits per heavy atom. The normalized spacial score (nSPS) is 18.6. The first-order chi connectivity index (χ1) is 12.2. The van der Waals surface area contributed by atoms with Crippen LogP contribution in [0.15, 0.2) is 6.20 Å². The lowest BCUT2D eigenvalue weighted by Gasteiger charge is -2.34. The molecule has 1 aliphatic rings. The number of nitrogens with zero attached hydrogens (tertiary/aromatic N) is 4. The van der Waals surface area contributed by atoms with Crippen molar-refractivity contribution in [2.45, 2.75) is 58.9 Å². The molecule has 0 bridgehead atoms. The standard InChI is InChI=1S/C17H31N5O3/c1-4-21-10-8-7-9-14(21)11-18-17(23)15-12-22(20-19-15)13-16(24-5-2)25-6-3/h12,14,16H,4-11,13H2,1-3H3,(H,18,23). The number of likely N-dealkylation sites (N-methyl/N-ethyl adjacent to an activating group) is 1. The molecule has 1 aromatic rings. The highest BCUT2D eigenvalue weighted by Gasteiger charge is 2.22. The fourth-order valence-corrected chi connectivity index (χ4v) is 3.18. The number of carbonyl (C=O) groups excluding carboxylic acids is 1. The maximum absolute atomic E-state index is 12.3. The highest BCUT2D eigenvalue weighted by molar-refractivity contribution is 5.91. The average molecular weight is 353 g/mol. The van der Waals surface area contributed by atoms with Crippen LogP contribution < -0.4 is 5.32 Å². The minimum Gasteiger partial charge on any atom is -0.351 e. The fourth-order valence-electron chi connectivity index (χ4n) is 3.18. The molecule has 0 radical (unpaired) electrons. The summed E-state index contributed by atoms with van der Waals surface area (Å²) in [5.41, 5.74) is 0.325. The zero-order valence-corrected chi connectivity index (χ0v) is 15.6. The van der Waals surface area contributed by atoms with Gasteiger partial charge in [-0.2, -0.15) is 0 Å². The van der Waals surface area contributed by atoms with Crippen molar-refractivity contribution in [3.8, 4) is 0 Å². The largest absolute Gasteiger partial charge is 0.351 e. The van der Waals surface area contributed by atoms with Crippen molar-refractivity contribution in [3.05, 3.63) is 11.9 Å². The van der Waals surface area contributed by atoms with Crippen LogP contribution in [-0.2, 0) is 16.0 Å². The van der Waals surface area contributed by atoms with Crippen LogP contribution in [0.4, 0.5) is 0 Å². The second-order valence-electron chi connectivity index (χ2n) is 6.15. The van der Waals surface area contributed by atoms with Gasteiger partial charge in [-0.3, -0.25) is 9.69 Å². The first kappa shape index (κ1) is 19.8. The number of carbonyl (C=O) groups is 1. The molecule has 0 saturated carbocycles. The molecule has 1 aromatic heterocycles. The lowest BCUT2D eigenvalue weighted by molar-refractivity contribution is -0.145. The summed E-state index contributed by atoms with van der Waals surface area (Å²) in [5.74, 6) is -0.183. The number of likely N-dealkylation sites (tertiary alicyclic amines) is 1. The summed E-state index contributed by atoms with van der Waals surface area (Å²) in [6, 6.07) is 0.415. The van der Waals surface area contributed by atoms with Gasteiger partial charge >= 0.3 is 0 Å². The van der Waals surface area contributed by atoms with Crippen LogP contribution in [0.3, 0.4) is 0 Å². The molecule has 1 atom stereocenters. The lowest BCUT2D eigenvalue weighted by Crippen LogP contribution is -2.46. The Morgan fingerprint density at radius 1 is 1.32 bits per heavy atom. The minimum atomic E-state index is -0.382. The Hall–Kier alpha value is -1.51. The first-order valence-corrected chi connectivity index (χ1v) is 9.33. The topological polar surface area (TPSA) is 81.5 Å². The molecule has 1 unspecified atom stereocenters. The van der Waals surface area contributed by atoms with Crippen LogP contribution in [0, 0.1) is 0 Å². The number of rotatable bonds is 10. The Kier molecular flexibility index (Phi) is 8.30. The summed E-state index contributed by atoms with van der Waals surface area (Å²) in [4.78, 5) is 14.8. The summed E-state index contributed by atoms with van der Waals surface area (Å²) in [6.45, 7) is 10.3. The van der Waals surface area contributed by atoms with Gasteiger partial charge < -0.3 is 14.8 Å². The third kappa shape index (κ3) is 6.05. The maximum atomic E-state index is 12.3. The Labute approximate surface area is 149 Å². The van der Waals surface area contributed by atoms with E-state index in [4.69, 9.17) is 9.47 Å². The van der Waals surface area contributed by atoms with Gasteiger partial charge in [0.1, 0.15) is 0 Å². The molecule has 1 amide bonds. The second-order valence-corrected chi connectivity index (χ2v) is 6.15. The number of aromatic nitrogens is 3. The van der Waals surface area contributed by atoms with Crippen LogP contribution in [-0.4, -0.2) is 71.0 Å². The maximum Gasteiger partial charge on any atom is 0.273 e. The third-order valence-corrected chi connectivity index (χ3v) is 4.47. The molecule has 25 heavy (non-hydrogen) atoms. The molecule has 8 nitrogen and oxygen atoms in total. The van der Waals surface area contributed by atoms with E-state index >= 15 is 0 Å². The van der Waals surface area contributed by atoms with E-state index in [-0.39, 0.29) is 12.2 Å². The molecule has 2 rings (SSSR count). The Bertz CT molecular complexity index is 516. The molecule has 2 heterocycles. The SMILES string of the molecule is CCOC(Cn1cc(C(=O)NCC2CCCCN2CC)nn1)OCC. The van der Waals surface area contributed by atoms with E-state index in [2.05, 4.69) is 27.5 Å². The number of ether oxygens (including phenoxy) is 2. The Morgan fingerprint density at radius 2 is 2.08 bits per heavy atom. The lowest BCUT2D eigenvalue weighted by atomic mass is 10.0. The van der Waals surface area contributed by atoms with Crippen molar-refractivity contribution < 1.29 is 14.3 Å². The van der Waals surface area contributed by atoms with Crippen molar-refractivity contribution in [1.29, 1.82) is 0 Å². The molecular weight excluding hydrogens is 322 g/mol. The van der Waals surface area contributed by atoms with Crippen molar-refractivity contribution in [2.24, 2.45) is 0 Å². The van der Waals surface area contributed by atoms with Gasteiger partial charge in [0.2, 0.25) is 0 Å². The summed E-state index contributed by atoms with van der Waals surface area (Å²) < 4.78 is 12.6. The third-order valence-electron chi connectivity index (χ3n) is 4.47. The van der Waals surface area contributed by atoms with Gasteiger partial charge in [-0.25, -0.2) is 4.68 Å². The van der Waals surface area contributed by atoms with Gasteiger partial charge in [0.05, 0.1) is 12.7 Å². The molecule has 1 saturated heterocycles. The van der Waals surface area contributed by atoms with E-state index in [1.807, 2.05) is 13.8 Å². The van der Waals surface area contributed by atoms with E-state index in [1.54, 1.807) is 10.9 Å². The summed E-state index contributed by atoms with van der Waals surface area (Å²) in [5, 5.41) is 11.0. The Balaban J connectivity index is 1.84. The smallest absolute Gasteiger partial charge is 0.273 e. The fraction of sp³-hybridized carbons (Fsp3) is 0.824. The van der Waals surface area contributed by atoms with Crippen molar-refractivity contribution in [1.82, 2.24) is 25.2 Å². The van der Waals surface area contributed by atoms with Crippen LogP contribution in [0.2, 0.25) is 0 Å². The predicted octanol–water partition coefficient (Wildman–Crippen LogP) is 1.28. The zero-order chi connectivity index (χ0) is 18.1. The molecule has 0 aliphatic carbocycles. The van der Waals surface area contributed by atoms with Crippen molar-refractivity contribution >= 4 is 5.91 Å². The molecule has 1 fully saturated rings. The number of piperidine rings is 1. The van der Waals surface area contributed by atoms with Gasteiger partial charge in [-0.15, -0.1) is 5.10 Å². The predicted molar refractivity (Wildman–Crippen MR) is 94.3 cm³/mol. The summed E-state index contributed by atoms with van der Waals surface area (Å²) in [6.07, 6.45) is 4.86. The van der Waals surface area contributed by atoms with Gasteiger partial charge in [0, 0.05) is 25.8 Å². The van der Waals surface area contributed by atoms with Crippen LogP contribution in [0.25, 0.3) is 0 Å². The van der Waals surface area contributed by atoms with E-state index in [0.29, 0.717) is 38.0 Å². The average Bonchev–Trinajstić information content (AvgIpc) is 3.09. The van der Waals surface area contributed by atoms with Crippen LogP contribution in [0.5, 0.6) is 0 Å². The van der Waals surface area contributed by atoms with Gasteiger partial charge in [-0.1, -0.05) is 18.6 Å². The van der Waals surface area contributed by atoms with E-state index in [1.165, 1.54) is 12.8 Å². The van der Waals surface area contributed by atoms with Crippen LogP contribution in [0.1, 0.15) is 50.5 Å². The number of hydrogen-bond donors (Lipinski definition) is 1. The molecular formula is C17H31N5O3. The van der Waals surface area contributed by atoms with Crippen LogP contribution >= 0.6 is 0 Å². The minimum absolute atomic E-state index is 0.183. The molecule has 142 valence electrons. The first-order valence-electron chi connectivity index (χ1n) is 9.33. The van der Waals surface area contributed by atoms with E-state index in [9.17, 15) is 4.79 Å². The van der Waals surface area contributed by atoms with Gasteiger partial charge in [0.15, 0.2) is 12.0 Å². The monoisotopic (exact) mass is 353 g/mol. The van der Waals surface area contributed by atoms with Gasteiger partial charge in [-0.05, 0) is 39.8 Å². The highest BCUT2D eigenvalue weighted by Crippen LogP contribution is 2.15. The molecule has 1 N–H and O–H groups in total. The number of nitrogens with one attached hydrogen (secondary N) is 1. The highest BCUT2D eigenvalue weighted by atomic mass is 16.7. The quantitative estimate of drug-likeness (QED) is 0.638. The molecule has 0 spiro atoms. The molecule has 0 aromatic carbocycles. The number of amides is 1. The zero-order valence-electron chi connectivity index (χ0n) is 15.6. The van der Waals surface area contributed by atoms with E-state index < -0.39 is 0 Å². The van der Waals surface area contributed by atoms with Crippen molar-refractivity contribution in [3.63, 3.8) is 0 Å². The number of hydrogen-bond acceptors (Lipinski definition) is 6. The second kappa shape index (κ2) is 10.5. The molecule has 1 aliphatic heterocycles. The van der Waals surface area contributed by atoms with Gasteiger partial charge in [0.25, 0.3) is 5.91 Å². The molecule has 8 heteroatoms. The summed E-state index contributed by atoms with van der Waals surface area (Å²) in [7, 11) is 0. The van der Waals surface area contributed by atoms with E-state index in [0.717, 1.165) is 19.5 Å².